The summed E-state index contributed by atoms with van der Waals surface area (Å²) in [5.41, 5.74) is 3.82. The number of sulfonamides is 1. The molecule has 0 heterocycles. The largest absolute Gasteiger partial charge is 0.392 e. The van der Waals surface area contributed by atoms with Gasteiger partial charge in [-0.1, -0.05) is 84.9 Å². The number of hydrogen-bond donors (Lipinski definition) is 5. The molecule has 0 fully saturated rings. The first-order valence-corrected chi connectivity index (χ1v) is 17.2. The zero-order valence-electron chi connectivity index (χ0n) is 26.8. The molecule has 0 spiro atoms. The van der Waals surface area contributed by atoms with Gasteiger partial charge in [0.15, 0.2) is 0 Å². The van der Waals surface area contributed by atoms with Gasteiger partial charge in [0.1, 0.15) is 0 Å². The lowest BCUT2D eigenvalue weighted by molar-refractivity contribution is 0.0830. The molecule has 0 unspecified atom stereocenters. The van der Waals surface area contributed by atoms with Gasteiger partial charge < -0.3 is 26.2 Å². The number of carbonyl (C=O) groups is 2. The number of nitrogens with one attached hydrogen (secondary N) is 3. The second-order valence-electron chi connectivity index (χ2n) is 11.6. The number of benzene rings is 4. The Morgan fingerprint density at radius 2 is 1.36 bits per heavy atom. The van der Waals surface area contributed by atoms with E-state index in [-0.39, 0.29) is 36.0 Å². The summed E-state index contributed by atoms with van der Waals surface area (Å²) in [4.78, 5) is 27.2. The van der Waals surface area contributed by atoms with Gasteiger partial charge in [0.05, 0.1) is 36.7 Å². The lowest BCUT2D eigenvalue weighted by Gasteiger charge is -2.26. The molecule has 10 nitrogen and oxygen atoms in total. The number of carbonyl (C=O) groups excluding carboxylic acids is 2. The van der Waals surface area contributed by atoms with Crippen molar-refractivity contribution in [2.45, 2.75) is 44.7 Å². The van der Waals surface area contributed by atoms with E-state index in [1.54, 1.807) is 0 Å². The highest BCUT2D eigenvalue weighted by Gasteiger charge is 2.25. The number of anilines is 1. The number of nitrogens with zero attached hydrogens (tertiary/aromatic N) is 1. The van der Waals surface area contributed by atoms with E-state index in [1.165, 1.54) is 25.2 Å². The maximum absolute atomic E-state index is 13.8. The molecule has 0 aliphatic rings. The molecular formula is C36H42N4O6S. The summed E-state index contributed by atoms with van der Waals surface area (Å²) >= 11 is 0. The van der Waals surface area contributed by atoms with Crippen LogP contribution in [0.4, 0.5) is 5.69 Å². The zero-order valence-corrected chi connectivity index (χ0v) is 27.6. The molecule has 0 saturated carbocycles. The Bertz CT molecular complexity index is 1750. The standard InChI is InChI=1S/C36H42N4O6S/c1-25(29-15-8-5-9-16-29)38-35(43)30-19-31(21-32(20-30)40(2)47(3,45)46)36(44)39-33(18-26-11-6-4-7-12-26)34(42)23-37-22-27-13-10-14-28(17-27)24-41/h4-17,19-21,25,33-34,37,41-42H,18,22-24H2,1-3H3,(H,38,43)(H,39,44)/t25-,33+,34-/m1/s1. The van der Waals surface area contributed by atoms with E-state index in [0.717, 1.165) is 32.8 Å². The van der Waals surface area contributed by atoms with Crippen LogP contribution < -0.4 is 20.3 Å². The molecule has 5 N–H and O–H groups in total. The fraction of sp³-hybridized carbons (Fsp3) is 0.278. The summed E-state index contributed by atoms with van der Waals surface area (Å²) in [6.07, 6.45) is 0.355. The molecule has 0 saturated heterocycles. The molecule has 4 aromatic rings. The van der Waals surface area contributed by atoms with Crippen LogP contribution in [-0.4, -0.2) is 62.4 Å². The molecule has 248 valence electrons. The summed E-state index contributed by atoms with van der Waals surface area (Å²) in [6.45, 7) is 2.36. The molecule has 47 heavy (non-hydrogen) atoms. The molecule has 2 amide bonds. The number of aliphatic hydroxyl groups is 2. The van der Waals surface area contributed by atoms with Gasteiger partial charge in [-0.25, -0.2) is 8.42 Å². The third-order valence-corrected chi connectivity index (χ3v) is 9.09. The maximum Gasteiger partial charge on any atom is 0.251 e. The lowest BCUT2D eigenvalue weighted by atomic mass is 9.99. The van der Waals surface area contributed by atoms with Gasteiger partial charge in [0.25, 0.3) is 11.8 Å². The van der Waals surface area contributed by atoms with Crippen LogP contribution in [0.1, 0.15) is 55.9 Å². The van der Waals surface area contributed by atoms with Crippen LogP contribution in [0.3, 0.4) is 0 Å². The van der Waals surface area contributed by atoms with Gasteiger partial charge in [-0.15, -0.1) is 0 Å². The minimum Gasteiger partial charge on any atom is -0.392 e. The van der Waals surface area contributed by atoms with Crippen LogP contribution in [0.5, 0.6) is 0 Å². The van der Waals surface area contributed by atoms with Gasteiger partial charge in [0.2, 0.25) is 10.0 Å². The monoisotopic (exact) mass is 658 g/mol. The maximum atomic E-state index is 13.8. The highest BCUT2D eigenvalue weighted by Crippen LogP contribution is 2.22. The van der Waals surface area contributed by atoms with Crippen LogP contribution in [-0.2, 0) is 29.6 Å². The van der Waals surface area contributed by atoms with E-state index in [4.69, 9.17) is 0 Å². The third kappa shape index (κ3) is 10.2. The molecular weight excluding hydrogens is 616 g/mol. The lowest BCUT2D eigenvalue weighted by Crippen LogP contribution is -2.48. The van der Waals surface area contributed by atoms with Gasteiger partial charge >= 0.3 is 0 Å². The van der Waals surface area contributed by atoms with Gasteiger partial charge in [0, 0.05) is 31.3 Å². The van der Waals surface area contributed by atoms with E-state index in [2.05, 4.69) is 16.0 Å². The molecule has 3 atom stereocenters. The number of aliphatic hydroxyl groups excluding tert-OH is 2. The first-order valence-electron chi connectivity index (χ1n) is 15.3. The highest BCUT2D eigenvalue weighted by atomic mass is 32.2. The van der Waals surface area contributed by atoms with Crippen molar-refractivity contribution in [3.63, 3.8) is 0 Å². The van der Waals surface area contributed by atoms with Crippen molar-refractivity contribution < 1.29 is 28.2 Å². The first-order chi connectivity index (χ1) is 22.4. The summed E-state index contributed by atoms with van der Waals surface area (Å²) in [5.74, 6) is -1.05. The SMILES string of the molecule is C[C@@H](NC(=O)c1cc(C(=O)N[C@@H](Cc2ccccc2)[C@H](O)CNCc2cccc(CO)c2)cc(N(C)S(C)(=O)=O)c1)c1ccccc1. The summed E-state index contributed by atoms with van der Waals surface area (Å²) < 4.78 is 25.9. The van der Waals surface area contributed by atoms with Crippen LogP contribution in [0.2, 0.25) is 0 Å². The van der Waals surface area contributed by atoms with Crippen LogP contribution in [0, 0.1) is 0 Å². The normalized spacial score (nSPS) is 13.3. The Balaban J connectivity index is 1.58. The number of hydrogen-bond acceptors (Lipinski definition) is 7. The van der Waals surface area contributed by atoms with Crippen molar-refractivity contribution in [3.8, 4) is 0 Å². The number of rotatable bonds is 15. The quantitative estimate of drug-likeness (QED) is 0.131. The Morgan fingerprint density at radius 1 is 0.787 bits per heavy atom. The Hall–Kier alpha value is -4.55. The molecule has 11 heteroatoms. The molecule has 0 radical (unpaired) electrons. The van der Waals surface area contributed by atoms with E-state index >= 15 is 0 Å². The average molecular weight is 659 g/mol. The smallest absolute Gasteiger partial charge is 0.251 e. The number of amides is 2. The van der Waals surface area contributed by atoms with E-state index < -0.39 is 34.0 Å². The van der Waals surface area contributed by atoms with Crippen molar-refractivity contribution in [2.24, 2.45) is 0 Å². The first kappa shape index (κ1) is 35.3. The summed E-state index contributed by atoms with van der Waals surface area (Å²) in [5, 5.41) is 29.8. The zero-order chi connectivity index (χ0) is 34.0. The predicted octanol–water partition coefficient (Wildman–Crippen LogP) is 3.56. The topological polar surface area (TPSA) is 148 Å². The predicted molar refractivity (Wildman–Crippen MR) is 183 cm³/mol. The second kappa shape index (κ2) is 16.3. The van der Waals surface area contributed by atoms with Crippen molar-refractivity contribution in [3.05, 3.63) is 137 Å². The third-order valence-electron chi connectivity index (χ3n) is 7.89. The van der Waals surface area contributed by atoms with E-state index in [9.17, 15) is 28.2 Å². The minimum atomic E-state index is -3.71. The Morgan fingerprint density at radius 3 is 1.98 bits per heavy atom. The van der Waals surface area contributed by atoms with Crippen LogP contribution in [0.25, 0.3) is 0 Å². The Kier molecular flexibility index (Phi) is 12.3. The van der Waals surface area contributed by atoms with Crippen molar-refractivity contribution in [2.75, 3.05) is 24.2 Å². The van der Waals surface area contributed by atoms with E-state index in [0.29, 0.717) is 13.0 Å². The average Bonchev–Trinajstić information content (AvgIpc) is 3.07. The second-order valence-corrected chi connectivity index (χ2v) is 13.6. The molecule has 0 bridgehead atoms. The Labute approximate surface area is 276 Å². The molecule has 4 aromatic carbocycles. The van der Waals surface area contributed by atoms with Crippen molar-refractivity contribution in [1.29, 1.82) is 0 Å². The minimum absolute atomic E-state index is 0.0644. The van der Waals surface area contributed by atoms with Gasteiger partial charge in [-0.3, -0.25) is 13.9 Å². The highest BCUT2D eigenvalue weighted by molar-refractivity contribution is 7.92. The van der Waals surface area contributed by atoms with Crippen molar-refractivity contribution in [1.82, 2.24) is 16.0 Å². The van der Waals surface area contributed by atoms with Gasteiger partial charge in [-0.05, 0) is 53.8 Å². The molecule has 0 aliphatic carbocycles. The fourth-order valence-corrected chi connectivity index (χ4v) is 5.59. The molecule has 0 aliphatic heterocycles. The van der Waals surface area contributed by atoms with Crippen LogP contribution in [0.15, 0.2) is 103 Å². The van der Waals surface area contributed by atoms with E-state index in [1.807, 2.05) is 91.9 Å². The summed E-state index contributed by atoms with van der Waals surface area (Å²) in [7, 11) is -2.36. The molecule has 4 rings (SSSR count). The summed E-state index contributed by atoms with van der Waals surface area (Å²) in [6, 6.07) is 29.5. The van der Waals surface area contributed by atoms with Crippen LogP contribution >= 0.6 is 0 Å². The van der Waals surface area contributed by atoms with Crippen molar-refractivity contribution >= 4 is 27.5 Å². The fourth-order valence-electron chi connectivity index (χ4n) is 5.10. The van der Waals surface area contributed by atoms with Gasteiger partial charge in [-0.2, -0.15) is 0 Å². The molecule has 0 aromatic heterocycles.